The van der Waals surface area contributed by atoms with Crippen LogP contribution in [-0.4, -0.2) is 23.3 Å². The predicted octanol–water partition coefficient (Wildman–Crippen LogP) is 2.07. The van der Waals surface area contributed by atoms with Crippen molar-refractivity contribution in [2.45, 2.75) is 64.0 Å². The minimum Gasteiger partial charge on any atom is -0.394 e. The van der Waals surface area contributed by atoms with Crippen LogP contribution in [0, 0.1) is 5.41 Å². The summed E-state index contributed by atoms with van der Waals surface area (Å²) in [5.74, 6) is 0. The van der Waals surface area contributed by atoms with Crippen LogP contribution in [0.3, 0.4) is 0 Å². The van der Waals surface area contributed by atoms with Gasteiger partial charge in [-0.05, 0) is 31.1 Å². The fourth-order valence-corrected chi connectivity index (χ4v) is 2.99. The molecule has 2 aliphatic rings. The molecule has 0 heterocycles. The largest absolute Gasteiger partial charge is 0.394 e. The number of rotatable bonds is 3. The Morgan fingerprint density at radius 3 is 2.21 bits per heavy atom. The third-order valence-electron chi connectivity index (χ3n) is 4.58. The molecule has 0 aliphatic heterocycles. The average molecular weight is 197 g/mol. The van der Waals surface area contributed by atoms with E-state index in [0.29, 0.717) is 12.6 Å². The normalized spacial score (nSPS) is 37.1. The van der Waals surface area contributed by atoms with Crippen LogP contribution in [0.1, 0.15) is 52.4 Å². The molecule has 14 heavy (non-hydrogen) atoms. The van der Waals surface area contributed by atoms with Crippen molar-refractivity contribution in [1.29, 1.82) is 0 Å². The second-order valence-corrected chi connectivity index (χ2v) is 5.75. The molecule has 2 heteroatoms. The molecule has 0 saturated heterocycles. The summed E-state index contributed by atoms with van der Waals surface area (Å²) < 4.78 is 0. The van der Waals surface area contributed by atoms with Crippen molar-refractivity contribution in [2.24, 2.45) is 5.41 Å². The summed E-state index contributed by atoms with van der Waals surface area (Å²) in [4.78, 5) is 0. The monoisotopic (exact) mass is 197 g/mol. The van der Waals surface area contributed by atoms with Gasteiger partial charge in [0.2, 0.25) is 0 Å². The lowest BCUT2D eigenvalue weighted by Crippen LogP contribution is -2.67. The quantitative estimate of drug-likeness (QED) is 0.726. The molecule has 2 aliphatic carbocycles. The van der Waals surface area contributed by atoms with E-state index in [1.165, 1.54) is 32.1 Å². The van der Waals surface area contributed by atoms with E-state index in [9.17, 15) is 5.11 Å². The summed E-state index contributed by atoms with van der Waals surface area (Å²) in [6.45, 7) is 4.85. The van der Waals surface area contributed by atoms with Gasteiger partial charge >= 0.3 is 0 Å². The molecule has 82 valence electrons. The lowest BCUT2D eigenvalue weighted by atomic mass is 9.56. The molecule has 2 rings (SSSR count). The van der Waals surface area contributed by atoms with Gasteiger partial charge in [-0.25, -0.2) is 0 Å². The highest BCUT2D eigenvalue weighted by Crippen LogP contribution is 2.49. The molecule has 1 atom stereocenters. The van der Waals surface area contributed by atoms with Crippen molar-refractivity contribution in [3.63, 3.8) is 0 Å². The van der Waals surface area contributed by atoms with E-state index in [1.807, 2.05) is 0 Å². The Bertz CT molecular complexity index is 204. The van der Waals surface area contributed by atoms with Crippen molar-refractivity contribution < 1.29 is 5.11 Å². The number of hydrogen-bond donors (Lipinski definition) is 2. The van der Waals surface area contributed by atoms with Gasteiger partial charge in [-0.2, -0.15) is 0 Å². The highest BCUT2D eigenvalue weighted by molar-refractivity contribution is 5.10. The first-order valence-corrected chi connectivity index (χ1v) is 5.98. The number of hydrogen-bond acceptors (Lipinski definition) is 2. The molecule has 2 nitrogen and oxygen atoms in total. The van der Waals surface area contributed by atoms with Crippen molar-refractivity contribution in [3.8, 4) is 0 Å². The van der Waals surface area contributed by atoms with Crippen molar-refractivity contribution in [3.05, 3.63) is 0 Å². The van der Waals surface area contributed by atoms with Crippen molar-refractivity contribution in [1.82, 2.24) is 5.32 Å². The second-order valence-electron chi connectivity index (χ2n) is 5.75. The molecular formula is C12H23NO. The smallest absolute Gasteiger partial charge is 0.0618 e. The zero-order valence-electron chi connectivity index (χ0n) is 9.47. The Kier molecular flexibility index (Phi) is 2.61. The van der Waals surface area contributed by atoms with E-state index in [2.05, 4.69) is 19.2 Å². The minimum atomic E-state index is 0.0298. The summed E-state index contributed by atoms with van der Waals surface area (Å²) in [6.07, 6.45) is 7.72. The van der Waals surface area contributed by atoms with E-state index < -0.39 is 0 Å². The highest BCUT2D eigenvalue weighted by atomic mass is 16.3. The fraction of sp³-hybridized carbons (Fsp3) is 1.00. The SMILES string of the molecule is CC1(C)CCC1(CO)NC1CCCC1. The van der Waals surface area contributed by atoms with Crippen molar-refractivity contribution >= 4 is 0 Å². The molecule has 2 fully saturated rings. The molecule has 2 N–H and O–H groups in total. The van der Waals surface area contributed by atoms with Crippen LogP contribution in [-0.2, 0) is 0 Å². The van der Waals surface area contributed by atoms with Gasteiger partial charge in [0.05, 0.1) is 6.61 Å². The van der Waals surface area contributed by atoms with E-state index in [1.54, 1.807) is 0 Å². The van der Waals surface area contributed by atoms with Crippen LogP contribution in [0.2, 0.25) is 0 Å². The standard InChI is InChI=1S/C12H23NO/c1-11(2)7-8-12(11,9-14)13-10-5-3-4-6-10/h10,13-14H,3-9H2,1-2H3. The van der Waals surface area contributed by atoms with Gasteiger partial charge in [0, 0.05) is 11.6 Å². The van der Waals surface area contributed by atoms with Gasteiger partial charge < -0.3 is 10.4 Å². The van der Waals surface area contributed by atoms with Crippen LogP contribution in [0.5, 0.6) is 0 Å². The third kappa shape index (κ3) is 1.49. The summed E-state index contributed by atoms with van der Waals surface area (Å²) in [7, 11) is 0. The van der Waals surface area contributed by atoms with E-state index in [-0.39, 0.29) is 11.0 Å². The van der Waals surface area contributed by atoms with Gasteiger partial charge in [0.25, 0.3) is 0 Å². The van der Waals surface area contributed by atoms with E-state index in [4.69, 9.17) is 0 Å². The maximum atomic E-state index is 9.57. The van der Waals surface area contributed by atoms with Crippen LogP contribution >= 0.6 is 0 Å². The van der Waals surface area contributed by atoms with Gasteiger partial charge in [-0.15, -0.1) is 0 Å². The fourth-order valence-electron chi connectivity index (χ4n) is 2.99. The highest BCUT2D eigenvalue weighted by Gasteiger charge is 2.53. The Hall–Kier alpha value is -0.0800. The number of nitrogens with one attached hydrogen (secondary N) is 1. The van der Waals surface area contributed by atoms with Crippen molar-refractivity contribution in [2.75, 3.05) is 6.61 Å². The molecule has 0 spiro atoms. The molecule has 0 aromatic heterocycles. The summed E-state index contributed by atoms with van der Waals surface area (Å²) in [6, 6.07) is 0.668. The number of aliphatic hydroxyl groups excluding tert-OH is 1. The topological polar surface area (TPSA) is 32.3 Å². The molecule has 1 unspecified atom stereocenters. The van der Waals surface area contributed by atoms with E-state index in [0.717, 1.165) is 6.42 Å². The zero-order valence-corrected chi connectivity index (χ0v) is 9.47. The summed E-state index contributed by atoms with van der Waals surface area (Å²) >= 11 is 0. The molecule has 0 aromatic rings. The maximum Gasteiger partial charge on any atom is 0.0618 e. The first kappa shape index (κ1) is 10.4. The van der Waals surface area contributed by atoms with Gasteiger partial charge in [-0.3, -0.25) is 0 Å². The average Bonchev–Trinajstić information content (AvgIpc) is 2.64. The van der Waals surface area contributed by atoms with Crippen LogP contribution in [0.25, 0.3) is 0 Å². The first-order chi connectivity index (χ1) is 6.60. The molecular weight excluding hydrogens is 174 g/mol. The maximum absolute atomic E-state index is 9.57. The molecule has 2 saturated carbocycles. The molecule has 0 amide bonds. The van der Waals surface area contributed by atoms with E-state index >= 15 is 0 Å². The number of aliphatic hydroxyl groups is 1. The lowest BCUT2D eigenvalue weighted by molar-refractivity contribution is -0.0490. The molecule has 0 aromatic carbocycles. The molecule has 0 bridgehead atoms. The lowest BCUT2D eigenvalue weighted by Gasteiger charge is -2.57. The molecule has 0 radical (unpaired) electrons. The van der Waals surface area contributed by atoms with Gasteiger partial charge in [-0.1, -0.05) is 26.7 Å². The van der Waals surface area contributed by atoms with Gasteiger partial charge in [0.1, 0.15) is 0 Å². The van der Waals surface area contributed by atoms with Crippen LogP contribution < -0.4 is 5.32 Å². The Morgan fingerprint density at radius 2 is 1.86 bits per heavy atom. The van der Waals surface area contributed by atoms with Crippen LogP contribution in [0.15, 0.2) is 0 Å². The second kappa shape index (κ2) is 3.49. The summed E-state index contributed by atoms with van der Waals surface area (Å²) in [5, 5.41) is 13.3. The summed E-state index contributed by atoms with van der Waals surface area (Å²) in [5.41, 5.74) is 0.312. The Labute approximate surface area is 87.1 Å². The Balaban J connectivity index is 1.99. The predicted molar refractivity (Wildman–Crippen MR) is 58.2 cm³/mol. The third-order valence-corrected chi connectivity index (χ3v) is 4.58. The Morgan fingerprint density at radius 1 is 1.21 bits per heavy atom. The first-order valence-electron chi connectivity index (χ1n) is 5.98. The minimum absolute atomic E-state index is 0.0298. The van der Waals surface area contributed by atoms with Gasteiger partial charge in [0.15, 0.2) is 0 Å². The zero-order chi connectivity index (χ0) is 10.2. The van der Waals surface area contributed by atoms with Crippen LogP contribution in [0.4, 0.5) is 0 Å².